The van der Waals surface area contributed by atoms with E-state index in [1.807, 2.05) is 6.07 Å². The lowest BCUT2D eigenvalue weighted by molar-refractivity contribution is 0.0697. The Morgan fingerprint density at radius 2 is 2.00 bits per heavy atom. The summed E-state index contributed by atoms with van der Waals surface area (Å²) in [6, 6.07) is 13.4. The number of rotatable bonds is 8. The monoisotopic (exact) mass is 436 g/mol. The molecule has 4 rings (SSSR count). The lowest BCUT2D eigenvalue weighted by Crippen LogP contribution is -2.20. The van der Waals surface area contributed by atoms with Crippen LogP contribution in [0.25, 0.3) is 0 Å². The van der Waals surface area contributed by atoms with Crippen molar-refractivity contribution in [2.75, 3.05) is 12.0 Å². The Bertz CT molecular complexity index is 1080. The van der Waals surface area contributed by atoms with Gasteiger partial charge in [0.15, 0.2) is 17.3 Å². The summed E-state index contributed by atoms with van der Waals surface area (Å²) in [5.74, 6) is -1.17. The zero-order chi connectivity index (χ0) is 22.5. The summed E-state index contributed by atoms with van der Waals surface area (Å²) in [7, 11) is 1.49. The summed E-state index contributed by atoms with van der Waals surface area (Å²) < 4.78 is 27.3. The second kappa shape index (κ2) is 9.68. The van der Waals surface area contributed by atoms with Crippen molar-refractivity contribution in [3.63, 3.8) is 0 Å². The highest BCUT2D eigenvalue weighted by molar-refractivity contribution is 5.89. The molecule has 1 fully saturated rings. The first kappa shape index (κ1) is 21.6. The van der Waals surface area contributed by atoms with Gasteiger partial charge in [-0.1, -0.05) is 12.1 Å². The van der Waals surface area contributed by atoms with E-state index < -0.39 is 11.8 Å². The van der Waals surface area contributed by atoms with Gasteiger partial charge in [-0.15, -0.1) is 0 Å². The molecule has 166 valence electrons. The van der Waals surface area contributed by atoms with Gasteiger partial charge in [0.25, 0.3) is 0 Å². The fourth-order valence-electron chi connectivity index (χ4n) is 3.98. The highest BCUT2D eigenvalue weighted by Gasteiger charge is 2.25. The average Bonchev–Trinajstić information content (AvgIpc) is 3.33. The number of carbonyl (C=O) groups is 1. The standard InChI is InChI=1S/C25H25FN2O4/c1-31-22-12-11-21(23(26)24(22)32-20-9-2-3-10-20)28(16-17-6-5-13-27-15-17)19-8-4-7-18(14-19)25(29)30/h4-8,11-15,20H,2-3,9-10,16H2,1H3,(H,29,30). The highest BCUT2D eigenvalue weighted by atomic mass is 19.1. The molecule has 0 amide bonds. The number of carboxylic acid groups (broad SMARTS) is 1. The topological polar surface area (TPSA) is 71.9 Å². The Hall–Kier alpha value is -3.61. The van der Waals surface area contributed by atoms with Gasteiger partial charge >= 0.3 is 5.97 Å². The molecule has 1 saturated carbocycles. The zero-order valence-corrected chi connectivity index (χ0v) is 17.8. The molecule has 1 aromatic heterocycles. The summed E-state index contributed by atoms with van der Waals surface area (Å²) in [4.78, 5) is 17.4. The molecule has 0 spiro atoms. The first-order valence-electron chi connectivity index (χ1n) is 10.6. The molecular formula is C25H25FN2O4. The van der Waals surface area contributed by atoms with Gasteiger partial charge in [-0.2, -0.15) is 0 Å². The number of halogens is 1. The summed E-state index contributed by atoms with van der Waals surface area (Å²) in [5.41, 5.74) is 1.78. The van der Waals surface area contributed by atoms with E-state index in [9.17, 15) is 9.90 Å². The van der Waals surface area contributed by atoms with Crippen molar-refractivity contribution in [3.05, 3.63) is 77.9 Å². The Morgan fingerprint density at radius 1 is 1.19 bits per heavy atom. The van der Waals surface area contributed by atoms with Crippen LogP contribution in [0.3, 0.4) is 0 Å². The van der Waals surface area contributed by atoms with Gasteiger partial charge in [-0.25, -0.2) is 9.18 Å². The Kier molecular flexibility index (Phi) is 6.54. The molecule has 1 aliphatic rings. The van der Waals surface area contributed by atoms with Crippen LogP contribution in [0, 0.1) is 5.82 Å². The Morgan fingerprint density at radius 3 is 2.69 bits per heavy atom. The van der Waals surface area contributed by atoms with Gasteiger partial charge in [0.1, 0.15) is 0 Å². The summed E-state index contributed by atoms with van der Waals surface area (Å²) >= 11 is 0. The molecule has 0 unspecified atom stereocenters. The number of aromatic nitrogens is 1. The van der Waals surface area contributed by atoms with Crippen LogP contribution in [0.1, 0.15) is 41.6 Å². The number of benzene rings is 2. The maximum absolute atomic E-state index is 15.9. The van der Waals surface area contributed by atoms with Crippen molar-refractivity contribution in [3.8, 4) is 11.5 Å². The normalized spacial score (nSPS) is 13.7. The van der Waals surface area contributed by atoms with E-state index in [4.69, 9.17) is 9.47 Å². The molecule has 2 aromatic carbocycles. The number of aromatic carboxylic acids is 1. The predicted octanol–water partition coefficient (Wildman–Crippen LogP) is 5.59. The third-order valence-electron chi connectivity index (χ3n) is 5.61. The number of hydrogen-bond donors (Lipinski definition) is 1. The minimum Gasteiger partial charge on any atom is -0.493 e. The molecule has 0 aliphatic heterocycles. The van der Waals surface area contributed by atoms with Crippen molar-refractivity contribution < 1.29 is 23.8 Å². The summed E-state index contributed by atoms with van der Waals surface area (Å²) in [6.45, 7) is 0.295. The average molecular weight is 436 g/mol. The van der Waals surface area contributed by atoms with Crippen LogP contribution in [0.4, 0.5) is 15.8 Å². The largest absolute Gasteiger partial charge is 0.493 e. The number of pyridine rings is 1. The molecule has 0 bridgehead atoms. The van der Waals surface area contributed by atoms with Gasteiger partial charge in [0, 0.05) is 24.6 Å². The quantitative estimate of drug-likeness (QED) is 0.497. The van der Waals surface area contributed by atoms with Crippen molar-refractivity contribution in [1.82, 2.24) is 4.98 Å². The van der Waals surface area contributed by atoms with E-state index in [1.165, 1.54) is 19.2 Å². The third kappa shape index (κ3) is 4.66. The van der Waals surface area contributed by atoms with Crippen LogP contribution < -0.4 is 14.4 Å². The second-order valence-corrected chi connectivity index (χ2v) is 7.76. The molecule has 0 atom stereocenters. The van der Waals surface area contributed by atoms with Gasteiger partial charge < -0.3 is 19.5 Å². The number of hydrogen-bond acceptors (Lipinski definition) is 5. The number of carboxylic acids is 1. The molecular weight excluding hydrogens is 411 g/mol. The van der Waals surface area contributed by atoms with Crippen molar-refractivity contribution in [1.29, 1.82) is 0 Å². The summed E-state index contributed by atoms with van der Waals surface area (Å²) in [5, 5.41) is 9.44. The van der Waals surface area contributed by atoms with Crippen LogP contribution in [-0.4, -0.2) is 29.3 Å². The summed E-state index contributed by atoms with van der Waals surface area (Å²) in [6.07, 6.45) is 7.20. The van der Waals surface area contributed by atoms with E-state index in [-0.39, 0.29) is 23.1 Å². The minimum absolute atomic E-state index is 0.0456. The Labute approximate surface area is 186 Å². The number of methoxy groups -OCH3 is 1. The van der Waals surface area contributed by atoms with E-state index in [1.54, 1.807) is 47.6 Å². The minimum atomic E-state index is -1.05. The fraction of sp³-hybridized carbons (Fsp3) is 0.280. The van der Waals surface area contributed by atoms with Crippen LogP contribution in [-0.2, 0) is 6.54 Å². The van der Waals surface area contributed by atoms with Crippen molar-refractivity contribution in [2.45, 2.75) is 38.3 Å². The van der Waals surface area contributed by atoms with Crippen molar-refractivity contribution in [2.24, 2.45) is 0 Å². The molecule has 1 heterocycles. The van der Waals surface area contributed by atoms with Gasteiger partial charge in [-0.05, 0) is 67.6 Å². The van der Waals surface area contributed by atoms with Crippen LogP contribution >= 0.6 is 0 Å². The smallest absolute Gasteiger partial charge is 0.335 e. The van der Waals surface area contributed by atoms with Crippen molar-refractivity contribution >= 4 is 17.3 Å². The molecule has 1 N–H and O–H groups in total. The number of anilines is 2. The third-order valence-corrected chi connectivity index (χ3v) is 5.61. The number of nitrogens with zero attached hydrogens (tertiary/aromatic N) is 2. The van der Waals surface area contributed by atoms with Gasteiger partial charge in [-0.3, -0.25) is 4.98 Å². The zero-order valence-electron chi connectivity index (χ0n) is 17.8. The van der Waals surface area contributed by atoms with Gasteiger partial charge in [0.2, 0.25) is 0 Å². The van der Waals surface area contributed by atoms with E-state index in [0.717, 1.165) is 31.2 Å². The van der Waals surface area contributed by atoms with Gasteiger partial charge in [0.05, 0.1) is 24.5 Å². The van der Waals surface area contributed by atoms with E-state index in [2.05, 4.69) is 4.98 Å². The van der Waals surface area contributed by atoms with E-state index in [0.29, 0.717) is 18.0 Å². The first-order chi connectivity index (χ1) is 15.6. The highest BCUT2D eigenvalue weighted by Crippen LogP contribution is 2.41. The molecule has 7 heteroatoms. The first-order valence-corrected chi connectivity index (χ1v) is 10.6. The number of ether oxygens (including phenoxy) is 2. The van der Waals surface area contributed by atoms with Crippen LogP contribution in [0.2, 0.25) is 0 Å². The predicted molar refractivity (Wildman–Crippen MR) is 119 cm³/mol. The van der Waals surface area contributed by atoms with Crippen LogP contribution in [0.5, 0.6) is 11.5 Å². The lowest BCUT2D eigenvalue weighted by atomic mass is 10.1. The lowest BCUT2D eigenvalue weighted by Gasteiger charge is -2.27. The molecule has 0 saturated heterocycles. The maximum Gasteiger partial charge on any atom is 0.335 e. The SMILES string of the molecule is COc1ccc(N(Cc2cccnc2)c2cccc(C(=O)O)c2)c(F)c1OC1CCCC1. The van der Waals surface area contributed by atoms with E-state index >= 15 is 4.39 Å². The second-order valence-electron chi connectivity index (χ2n) is 7.76. The molecule has 1 aliphatic carbocycles. The maximum atomic E-state index is 15.9. The molecule has 32 heavy (non-hydrogen) atoms. The Balaban J connectivity index is 1.79. The molecule has 3 aromatic rings. The molecule has 6 nitrogen and oxygen atoms in total. The molecule has 0 radical (unpaired) electrons. The fourth-order valence-corrected chi connectivity index (χ4v) is 3.98. The van der Waals surface area contributed by atoms with Crippen LogP contribution in [0.15, 0.2) is 60.9 Å².